The van der Waals surface area contributed by atoms with Gasteiger partial charge >= 0.3 is 0 Å². The van der Waals surface area contributed by atoms with Crippen LogP contribution in [0.2, 0.25) is 0 Å². The number of aromatic nitrogens is 1. The topological polar surface area (TPSA) is 30.0 Å². The zero-order valence-corrected chi connectivity index (χ0v) is 13.6. The third-order valence-electron chi connectivity index (χ3n) is 4.18. The molecule has 0 amide bonds. The Balaban J connectivity index is 2.22. The summed E-state index contributed by atoms with van der Waals surface area (Å²) in [5.74, 6) is 0. The summed E-state index contributed by atoms with van der Waals surface area (Å²) in [5, 5.41) is 2.38. The van der Waals surface area contributed by atoms with Gasteiger partial charge in [0.15, 0.2) is 0 Å². The van der Waals surface area contributed by atoms with Crippen LogP contribution >= 0.6 is 11.3 Å². The average molecular weight is 317 g/mol. The molecular formula is C20H15NOS. The number of thiophene rings is 1. The van der Waals surface area contributed by atoms with E-state index >= 15 is 0 Å². The second-order valence-corrected chi connectivity index (χ2v) is 6.60. The van der Waals surface area contributed by atoms with E-state index in [1.165, 1.54) is 15.5 Å². The first-order valence-corrected chi connectivity index (χ1v) is 8.41. The lowest BCUT2D eigenvalue weighted by molar-refractivity contribution is -0.107. The minimum Gasteiger partial charge on any atom is -0.303 e. The number of benzene rings is 2. The zero-order valence-electron chi connectivity index (χ0n) is 12.7. The lowest BCUT2D eigenvalue weighted by atomic mass is 9.93. The summed E-state index contributed by atoms with van der Waals surface area (Å²) in [4.78, 5) is 17.0. The van der Waals surface area contributed by atoms with Gasteiger partial charge in [-0.05, 0) is 29.7 Å². The van der Waals surface area contributed by atoms with Gasteiger partial charge in [0, 0.05) is 27.6 Å². The van der Waals surface area contributed by atoms with E-state index in [1.807, 2.05) is 25.1 Å². The molecule has 0 aliphatic rings. The third-order valence-corrected chi connectivity index (χ3v) is 5.25. The van der Waals surface area contributed by atoms with Crippen LogP contribution in [-0.2, 0) is 11.2 Å². The predicted molar refractivity (Wildman–Crippen MR) is 97.1 cm³/mol. The van der Waals surface area contributed by atoms with Gasteiger partial charge in [-0.3, -0.25) is 0 Å². The van der Waals surface area contributed by atoms with E-state index < -0.39 is 0 Å². The van der Waals surface area contributed by atoms with Crippen LogP contribution in [0, 0.1) is 6.92 Å². The SMILES string of the molecule is Cc1nc2sc3ccccc3c2c(-c2ccccc2)c1CC=O. The van der Waals surface area contributed by atoms with Gasteiger partial charge in [-0.15, -0.1) is 11.3 Å². The maximum absolute atomic E-state index is 11.2. The minimum atomic E-state index is 0.392. The maximum Gasteiger partial charge on any atom is 0.125 e. The molecule has 4 aromatic rings. The number of aldehydes is 1. The van der Waals surface area contributed by atoms with Crippen molar-refractivity contribution < 1.29 is 4.79 Å². The smallest absolute Gasteiger partial charge is 0.125 e. The summed E-state index contributed by atoms with van der Waals surface area (Å²) in [6.07, 6.45) is 1.36. The first-order chi connectivity index (χ1) is 11.3. The van der Waals surface area contributed by atoms with E-state index in [-0.39, 0.29) is 0 Å². The zero-order chi connectivity index (χ0) is 15.8. The van der Waals surface area contributed by atoms with E-state index in [0.29, 0.717) is 6.42 Å². The molecule has 23 heavy (non-hydrogen) atoms. The van der Waals surface area contributed by atoms with E-state index in [4.69, 9.17) is 4.98 Å². The van der Waals surface area contributed by atoms with E-state index in [2.05, 4.69) is 36.4 Å². The highest BCUT2D eigenvalue weighted by molar-refractivity contribution is 7.25. The molecule has 4 rings (SSSR count). The number of nitrogens with zero attached hydrogens (tertiary/aromatic N) is 1. The molecule has 2 nitrogen and oxygen atoms in total. The van der Waals surface area contributed by atoms with Gasteiger partial charge in [0.2, 0.25) is 0 Å². The molecule has 2 heterocycles. The molecule has 0 fully saturated rings. The van der Waals surface area contributed by atoms with Crippen LogP contribution in [0.15, 0.2) is 54.6 Å². The summed E-state index contributed by atoms with van der Waals surface area (Å²) < 4.78 is 1.23. The standard InChI is InChI=1S/C20H15NOS/c1-13-15(11-12-22)18(14-7-3-2-4-8-14)19-16-9-5-6-10-17(16)23-20(19)21-13/h2-10,12H,11H2,1H3. The van der Waals surface area contributed by atoms with Crippen molar-refractivity contribution in [2.75, 3.05) is 0 Å². The summed E-state index contributed by atoms with van der Waals surface area (Å²) in [6.45, 7) is 2.00. The lowest BCUT2D eigenvalue weighted by Crippen LogP contribution is -1.98. The van der Waals surface area contributed by atoms with Crippen LogP contribution in [0.4, 0.5) is 0 Å². The largest absolute Gasteiger partial charge is 0.303 e. The highest BCUT2D eigenvalue weighted by Gasteiger charge is 2.18. The van der Waals surface area contributed by atoms with Crippen LogP contribution in [0.25, 0.3) is 31.4 Å². The second-order valence-electron chi connectivity index (χ2n) is 5.57. The molecule has 0 aliphatic carbocycles. The maximum atomic E-state index is 11.2. The van der Waals surface area contributed by atoms with Gasteiger partial charge in [-0.2, -0.15) is 0 Å². The van der Waals surface area contributed by atoms with Crippen molar-refractivity contribution >= 4 is 37.9 Å². The normalized spacial score (nSPS) is 11.2. The number of rotatable bonds is 3. The molecule has 0 aliphatic heterocycles. The van der Waals surface area contributed by atoms with Crippen LogP contribution < -0.4 is 0 Å². The van der Waals surface area contributed by atoms with Crippen molar-refractivity contribution in [2.24, 2.45) is 0 Å². The van der Waals surface area contributed by atoms with Gasteiger partial charge in [-0.25, -0.2) is 4.98 Å². The van der Waals surface area contributed by atoms with Crippen molar-refractivity contribution in [3.05, 3.63) is 65.9 Å². The molecule has 112 valence electrons. The van der Waals surface area contributed by atoms with Gasteiger partial charge in [-0.1, -0.05) is 48.5 Å². The third kappa shape index (κ3) is 2.25. The van der Waals surface area contributed by atoms with E-state index in [1.54, 1.807) is 11.3 Å². The summed E-state index contributed by atoms with van der Waals surface area (Å²) in [5.41, 5.74) is 4.26. The molecular weight excluding hydrogens is 302 g/mol. The quantitative estimate of drug-likeness (QED) is 0.488. The number of carbonyl (C=O) groups is 1. The molecule has 0 saturated carbocycles. The van der Waals surface area contributed by atoms with Crippen LogP contribution in [-0.4, -0.2) is 11.3 Å². The molecule has 0 atom stereocenters. The van der Waals surface area contributed by atoms with Gasteiger partial charge in [0.05, 0.1) is 0 Å². The van der Waals surface area contributed by atoms with Crippen molar-refractivity contribution in [3.63, 3.8) is 0 Å². The Morgan fingerprint density at radius 3 is 2.57 bits per heavy atom. The van der Waals surface area contributed by atoms with Gasteiger partial charge in [0.25, 0.3) is 0 Å². The van der Waals surface area contributed by atoms with Crippen molar-refractivity contribution in [3.8, 4) is 11.1 Å². The summed E-state index contributed by atoms with van der Waals surface area (Å²) >= 11 is 1.71. The minimum absolute atomic E-state index is 0.392. The number of pyridine rings is 1. The monoisotopic (exact) mass is 317 g/mol. The van der Waals surface area contributed by atoms with Crippen molar-refractivity contribution in [1.29, 1.82) is 0 Å². The van der Waals surface area contributed by atoms with Crippen LogP contribution in [0.5, 0.6) is 0 Å². The highest BCUT2D eigenvalue weighted by atomic mass is 32.1. The fourth-order valence-electron chi connectivity index (χ4n) is 3.16. The molecule has 0 N–H and O–H groups in total. The molecule has 0 radical (unpaired) electrons. The van der Waals surface area contributed by atoms with Crippen LogP contribution in [0.1, 0.15) is 11.3 Å². The number of hydrogen-bond acceptors (Lipinski definition) is 3. The number of hydrogen-bond donors (Lipinski definition) is 0. The van der Waals surface area contributed by atoms with E-state index in [9.17, 15) is 4.79 Å². The molecule has 3 heteroatoms. The van der Waals surface area contributed by atoms with Crippen molar-refractivity contribution in [2.45, 2.75) is 13.3 Å². The summed E-state index contributed by atoms with van der Waals surface area (Å²) in [7, 11) is 0. The first-order valence-electron chi connectivity index (χ1n) is 7.59. The Kier molecular flexibility index (Phi) is 3.43. The van der Waals surface area contributed by atoms with Gasteiger partial charge < -0.3 is 4.79 Å². The fraction of sp³-hybridized carbons (Fsp3) is 0.100. The van der Waals surface area contributed by atoms with E-state index in [0.717, 1.165) is 33.5 Å². The molecule has 0 saturated heterocycles. The number of carbonyl (C=O) groups excluding carboxylic acids is 1. The molecule has 2 aromatic carbocycles. The van der Waals surface area contributed by atoms with Crippen molar-refractivity contribution in [1.82, 2.24) is 4.98 Å². The Morgan fingerprint density at radius 1 is 1.04 bits per heavy atom. The Hall–Kier alpha value is -2.52. The Labute approximate surface area is 138 Å². The predicted octanol–water partition coefficient (Wildman–Crippen LogP) is 5.17. The van der Waals surface area contributed by atoms with Crippen LogP contribution in [0.3, 0.4) is 0 Å². The Morgan fingerprint density at radius 2 is 1.78 bits per heavy atom. The first kappa shape index (κ1) is 14.1. The molecule has 2 aromatic heterocycles. The molecule has 0 bridgehead atoms. The fourth-order valence-corrected chi connectivity index (χ4v) is 4.29. The van der Waals surface area contributed by atoms with Gasteiger partial charge in [0.1, 0.15) is 11.1 Å². The lowest BCUT2D eigenvalue weighted by Gasteiger charge is -2.12. The average Bonchev–Trinajstić information content (AvgIpc) is 2.94. The highest BCUT2D eigenvalue weighted by Crippen LogP contribution is 2.41. The molecule has 0 unspecified atom stereocenters. The summed E-state index contributed by atoms with van der Waals surface area (Å²) in [6, 6.07) is 18.7. The Bertz CT molecular complexity index is 1020. The second kappa shape index (κ2) is 5.60. The number of aryl methyl sites for hydroxylation is 1. The number of fused-ring (bicyclic) bond motifs is 3. The molecule has 0 spiro atoms.